The van der Waals surface area contributed by atoms with E-state index in [2.05, 4.69) is 32.0 Å². The zero-order valence-electron chi connectivity index (χ0n) is 14.7. The lowest BCUT2D eigenvalue weighted by Crippen LogP contribution is -2.48. The summed E-state index contributed by atoms with van der Waals surface area (Å²) in [6, 6.07) is 2.81. The van der Waals surface area contributed by atoms with Gasteiger partial charge in [0.1, 0.15) is 0 Å². The average molecular weight is 331 g/mol. The molecule has 2 atom stereocenters. The van der Waals surface area contributed by atoms with Gasteiger partial charge in [0.25, 0.3) is 0 Å². The van der Waals surface area contributed by atoms with Crippen molar-refractivity contribution in [3.63, 3.8) is 0 Å². The molecule has 3 rings (SSSR count). The lowest BCUT2D eigenvalue weighted by atomic mass is 10.0. The van der Waals surface area contributed by atoms with E-state index in [4.69, 9.17) is 0 Å². The van der Waals surface area contributed by atoms with Crippen LogP contribution in [0.15, 0.2) is 18.5 Å². The van der Waals surface area contributed by atoms with Gasteiger partial charge in [0.2, 0.25) is 11.9 Å². The van der Waals surface area contributed by atoms with Gasteiger partial charge in [-0.2, -0.15) is 0 Å². The third-order valence-electron chi connectivity index (χ3n) is 5.30. The molecule has 6 heteroatoms. The zero-order chi connectivity index (χ0) is 16.8. The van der Waals surface area contributed by atoms with Gasteiger partial charge in [-0.3, -0.25) is 9.69 Å². The monoisotopic (exact) mass is 331 g/mol. The SMILES string of the molecule is CCN1CCC[C@@H]1[C@H]1CCCN1C(=O)CCCNc1ncccn1. The third-order valence-corrected chi connectivity index (χ3v) is 5.30. The number of nitrogens with zero attached hydrogens (tertiary/aromatic N) is 4. The first-order chi connectivity index (χ1) is 11.8. The van der Waals surface area contributed by atoms with Gasteiger partial charge in [0, 0.05) is 44.0 Å². The van der Waals surface area contributed by atoms with E-state index in [1.54, 1.807) is 18.5 Å². The van der Waals surface area contributed by atoms with Gasteiger partial charge in [0.05, 0.1) is 0 Å². The van der Waals surface area contributed by atoms with Crippen LogP contribution in [0.2, 0.25) is 0 Å². The van der Waals surface area contributed by atoms with E-state index in [1.165, 1.54) is 25.8 Å². The largest absolute Gasteiger partial charge is 0.354 e. The Balaban J connectivity index is 1.45. The molecule has 1 aromatic heterocycles. The molecule has 6 nitrogen and oxygen atoms in total. The molecule has 0 radical (unpaired) electrons. The molecule has 2 saturated heterocycles. The summed E-state index contributed by atoms with van der Waals surface area (Å²) in [6.07, 6.45) is 9.71. The van der Waals surface area contributed by atoms with Crippen molar-refractivity contribution in [2.75, 3.05) is 31.5 Å². The molecule has 2 aliphatic rings. The third kappa shape index (κ3) is 4.04. The summed E-state index contributed by atoms with van der Waals surface area (Å²) in [6.45, 7) is 6.20. The van der Waals surface area contributed by atoms with E-state index in [-0.39, 0.29) is 0 Å². The maximum absolute atomic E-state index is 12.7. The fraction of sp³-hybridized carbons (Fsp3) is 0.722. The Morgan fingerprint density at radius 1 is 1.21 bits per heavy atom. The minimum atomic E-state index is 0.316. The highest BCUT2D eigenvalue weighted by Gasteiger charge is 2.38. The number of likely N-dealkylation sites (N-methyl/N-ethyl adjacent to an activating group) is 1. The van der Waals surface area contributed by atoms with Crippen LogP contribution in [0.1, 0.15) is 45.4 Å². The predicted octanol–water partition coefficient (Wildman–Crippen LogP) is 2.14. The van der Waals surface area contributed by atoms with E-state index in [0.29, 0.717) is 30.4 Å². The van der Waals surface area contributed by atoms with Crippen LogP contribution in [0.5, 0.6) is 0 Å². The Morgan fingerprint density at radius 2 is 1.96 bits per heavy atom. The highest BCUT2D eigenvalue weighted by molar-refractivity contribution is 5.77. The van der Waals surface area contributed by atoms with Crippen molar-refractivity contribution in [1.29, 1.82) is 0 Å². The summed E-state index contributed by atoms with van der Waals surface area (Å²) in [5.41, 5.74) is 0. The maximum Gasteiger partial charge on any atom is 0.222 e. The van der Waals surface area contributed by atoms with Crippen LogP contribution in [0.3, 0.4) is 0 Å². The van der Waals surface area contributed by atoms with E-state index >= 15 is 0 Å². The molecule has 0 bridgehead atoms. The highest BCUT2D eigenvalue weighted by atomic mass is 16.2. The second-order valence-electron chi connectivity index (χ2n) is 6.74. The van der Waals surface area contributed by atoms with E-state index in [9.17, 15) is 4.79 Å². The second-order valence-corrected chi connectivity index (χ2v) is 6.74. The Morgan fingerprint density at radius 3 is 2.75 bits per heavy atom. The molecule has 0 aliphatic carbocycles. The standard InChI is InChI=1S/C18H29N5O/c1-2-22-13-4-7-15(22)16-8-5-14-23(16)17(24)9-3-10-19-18-20-11-6-12-21-18/h6,11-12,15-16H,2-5,7-10,13-14H2,1H3,(H,19,20,21)/t15-,16-/m1/s1. The molecule has 3 heterocycles. The molecular weight excluding hydrogens is 302 g/mol. The summed E-state index contributed by atoms with van der Waals surface area (Å²) >= 11 is 0. The normalized spacial score (nSPS) is 24.5. The highest BCUT2D eigenvalue weighted by Crippen LogP contribution is 2.30. The van der Waals surface area contributed by atoms with Crippen LogP contribution in [0.25, 0.3) is 0 Å². The molecule has 1 amide bonds. The number of carbonyl (C=O) groups is 1. The van der Waals surface area contributed by atoms with Gasteiger partial charge in [0.15, 0.2) is 0 Å². The summed E-state index contributed by atoms with van der Waals surface area (Å²) in [4.78, 5) is 25.7. The van der Waals surface area contributed by atoms with E-state index in [1.807, 2.05) is 0 Å². The number of rotatable bonds is 7. The molecule has 0 spiro atoms. The number of likely N-dealkylation sites (tertiary alicyclic amines) is 2. The van der Waals surface area contributed by atoms with E-state index < -0.39 is 0 Å². The van der Waals surface area contributed by atoms with Gasteiger partial charge >= 0.3 is 0 Å². The number of hydrogen-bond acceptors (Lipinski definition) is 5. The Bertz CT molecular complexity index is 523. The smallest absolute Gasteiger partial charge is 0.222 e. The lowest BCUT2D eigenvalue weighted by Gasteiger charge is -2.34. The Kier molecular flexibility index (Phi) is 6.01. The number of hydrogen-bond donors (Lipinski definition) is 1. The lowest BCUT2D eigenvalue weighted by molar-refractivity contribution is -0.133. The topological polar surface area (TPSA) is 61.4 Å². The first-order valence-corrected chi connectivity index (χ1v) is 9.34. The summed E-state index contributed by atoms with van der Waals surface area (Å²) in [5.74, 6) is 0.949. The summed E-state index contributed by atoms with van der Waals surface area (Å²) in [7, 11) is 0. The first kappa shape index (κ1) is 17.1. The minimum Gasteiger partial charge on any atom is -0.354 e. The van der Waals surface area contributed by atoms with Crippen molar-refractivity contribution in [3.05, 3.63) is 18.5 Å². The van der Waals surface area contributed by atoms with Crippen molar-refractivity contribution in [2.24, 2.45) is 0 Å². The van der Waals surface area contributed by atoms with Crippen molar-refractivity contribution in [2.45, 2.75) is 57.5 Å². The van der Waals surface area contributed by atoms with Gasteiger partial charge in [-0.05, 0) is 51.3 Å². The first-order valence-electron chi connectivity index (χ1n) is 9.34. The van der Waals surface area contributed by atoms with Gasteiger partial charge in [-0.15, -0.1) is 0 Å². The molecule has 1 aromatic rings. The summed E-state index contributed by atoms with van der Waals surface area (Å²) in [5, 5.41) is 3.17. The van der Waals surface area contributed by atoms with Gasteiger partial charge in [-0.25, -0.2) is 9.97 Å². The molecule has 2 aliphatic heterocycles. The maximum atomic E-state index is 12.7. The minimum absolute atomic E-state index is 0.316. The van der Waals surface area contributed by atoms with Crippen molar-refractivity contribution in [3.8, 4) is 0 Å². The number of aromatic nitrogens is 2. The molecule has 0 saturated carbocycles. The molecule has 0 aromatic carbocycles. The number of anilines is 1. The van der Waals surface area contributed by atoms with Crippen molar-refractivity contribution in [1.82, 2.24) is 19.8 Å². The van der Waals surface area contributed by atoms with Gasteiger partial charge < -0.3 is 10.2 Å². The van der Waals surface area contributed by atoms with Crippen LogP contribution in [0.4, 0.5) is 5.95 Å². The van der Waals surface area contributed by atoms with E-state index in [0.717, 1.165) is 32.5 Å². The van der Waals surface area contributed by atoms with Gasteiger partial charge in [-0.1, -0.05) is 6.92 Å². The fourth-order valence-electron chi connectivity index (χ4n) is 4.16. The molecule has 132 valence electrons. The predicted molar refractivity (Wildman–Crippen MR) is 94.8 cm³/mol. The fourth-order valence-corrected chi connectivity index (χ4v) is 4.16. The van der Waals surface area contributed by atoms with Crippen LogP contribution in [-0.4, -0.2) is 63.9 Å². The summed E-state index contributed by atoms with van der Waals surface area (Å²) < 4.78 is 0. The van der Waals surface area contributed by atoms with Crippen LogP contribution in [-0.2, 0) is 4.79 Å². The van der Waals surface area contributed by atoms with Crippen molar-refractivity contribution < 1.29 is 4.79 Å². The quantitative estimate of drug-likeness (QED) is 0.776. The zero-order valence-corrected chi connectivity index (χ0v) is 14.7. The van der Waals surface area contributed by atoms with Crippen molar-refractivity contribution >= 4 is 11.9 Å². The number of nitrogens with one attached hydrogen (secondary N) is 1. The van der Waals surface area contributed by atoms with Crippen LogP contribution < -0.4 is 5.32 Å². The molecular formula is C18H29N5O. The molecule has 1 N–H and O–H groups in total. The molecule has 0 unspecified atom stereocenters. The van der Waals surface area contributed by atoms with Crippen LogP contribution >= 0.6 is 0 Å². The Labute approximate surface area is 144 Å². The Hall–Kier alpha value is -1.69. The van der Waals surface area contributed by atoms with Crippen LogP contribution in [0, 0.1) is 0 Å². The number of amides is 1. The number of carbonyl (C=O) groups excluding carboxylic acids is 1. The molecule has 24 heavy (non-hydrogen) atoms. The average Bonchev–Trinajstić information content (AvgIpc) is 3.27. The second kappa shape index (κ2) is 8.42. The molecule has 2 fully saturated rings.